The van der Waals surface area contributed by atoms with Gasteiger partial charge in [0.25, 0.3) is 0 Å². The summed E-state index contributed by atoms with van der Waals surface area (Å²) in [5, 5.41) is 21.8. The molecule has 0 radical (unpaired) electrons. The lowest BCUT2D eigenvalue weighted by molar-refractivity contribution is -0.0991. The van der Waals surface area contributed by atoms with Crippen LogP contribution in [0.3, 0.4) is 0 Å². The first-order chi connectivity index (χ1) is 7.59. The van der Waals surface area contributed by atoms with Crippen LogP contribution in [0.25, 0.3) is 0 Å². The van der Waals surface area contributed by atoms with Crippen LogP contribution in [-0.2, 0) is 11.3 Å². The lowest BCUT2D eigenvalue weighted by atomic mass is 9.89. The van der Waals surface area contributed by atoms with Gasteiger partial charge < -0.3 is 20.3 Å². The molecule has 0 saturated carbocycles. The lowest BCUT2D eigenvalue weighted by Crippen LogP contribution is -2.47. The highest BCUT2D eigenvalue weighted by molar-refractivity contribution is 5.40. The number of hydrogen-bond acceptors (Lipinski definition) is 4. The molecule has 1 saturated heterocycles. The summed E-state index contributed by atoms with van der Waals surface area (Å²) in [4.78, 5) is 0. The SMILES string of the molecule is CC1(CNCc2ccc(O)c(O)c2)COC1. The molecule has 4 nitrogen and oxygen atoms in total. The number of phenolic OH excluding ortho intramolecular Hbond substituents is 2. The Labute approximate surface area is 94.9 Å². The van der Waals surface area contributed by atoms with Gasteiger partial charge in [-0.05, 0) is 17.7 Å². The summed E-state index contributed by atoms with van der Waals surface area (Å²) in [7, 11) is 0. The van der Waals surface area contributed by atoms with Crippen molar-refractivity contribution in [3.8, 4) is 11.5 Å². The van der Waals surface area contributed by atoms with E-state index < -0.39 is 0 Å². The molecule has 0 bridgehead atoms. The molecule has 1 aromatic carbocycles. The fourth-order valence-corrected chi connectivity index (χ4v) is 1.74. The molecule has 0 spiro atoms. The van der Waals surface area contributed by atoms with Gasteiger partial charge in [0.2, 0.25) is 0 Å². The zero-order valence-electron chi connectivity index (χ0n) is 9.36. The Balaban J connectivity index is 1.83. The minimum Gasteiger partial charge on any atom is -0.504 e. The van der Waals surface area contributed by atoms with Gasteiger partial charge in [-0.2, -0.15) is 0 Å². The van der Waals surface area contributed by atoms with E-state index in [9.17, 15) is 5.11 Å². The van der Waals surface area contributed by atoms with Crippen LogP contribution in [0.15, 0.2) is 18.2 Å². The quantitative estimate of drug-likeness (QED) is 0.672. The van der Waals surface area contributed by atoms with Crippen LogP contribution < -0.4 is 5.32 Å². The molecule has 1 aromatic rings. The standard InChI is InChI=1S/C12H17NO3/c1-12(7-16-8-12)6-13-5-9-2-3-10(14)11(15)4-9/h2-4,13-15H,5-8H2,1H3. The van der Waals surface area contributed by atoms with Crippen molar-refractivity contribution in [2.75, 3.05) is 19.8 Å². The fraction of sp³-hybridized carbons (Fsp3) is 0.500. The molecule has 1 aliphatic heterocycles. The Morgan fingerprint density at radius 3 is 2.62 bits per heavy atom. The molecule has 1 heterocycles. The number of phenols is 2. The number of rotatable bonds is 4. The van der Waals surface area contributed by atoms with Crippen LogP contribution in [0, 0.1) is 5.41 Å². The first-order valence-electron chi connectivity index (χ1n) is 5.38. The number of nitrogens with one attached hydrogen (secondary N) is 1. The fourth-order valence-electron chi connectivity index (χ4n) is 1.74. The molecule has 1 fully saturated rings. The molecule has 88 valence electrons. The molecule has 4 heteroatoms. The summed E-state index contributed by atoms with van der Waals surface area (Å²) in [5.74, 6) is -0.152. The maximum absolute atomic E-state index is 9.32. The second kappa shape index (κ2) is 4.31. The van der Waals surface area contributed by atoms with Gasteiger partial charge in [0.1, 0.15) is 0 Å². The van der Waals surface area contributed by atoms with Crippen LogP contribution in [0.5, 0.6) is 11.5 Å². The van der Waals surface area contributed by atoms with E-state index in [0.29, 0.717) is 6.54 Å². The summed E-state index contributed by atoms with van der Waals surface area (Å²) in [5.41, 5.74) is 1.21. The Bertz CT molecular complexity index is 375. The normalized spacial score (nSPS) is 18.1. The number of hydrogen-bond donors (Lipinski definition) is 3. The molecular weight excluding hydrogens is 206 g/mol. The van der Waals surface area contributed by atoms with E-state index in [4.69, 9.17) is 9.84 Å². The van der Waals surface area contributed by atoms with Crippen LogP contribution in [-0.4, -0.2) is 30.0 Å². The van der Waals surface area contributed by atoms with Gasteiger partial charge in [-0.15, -0.1) is 0 Å². The van der Waals surface area contributed by atoms with Crippen molar-refractivity contribution >= 4 is 0 Å². The van der Waals surface area contributed by atoms with Crippen molar-refractivity contribution in [3.63, 3.8) is 0 Å². The molecule has 0 amide bonds. The highest BCUT2D eigenvalue weighted by Crippen LogP contribution is 2.26. The molecule has 3 N–H and O–H groups in total. The molecule has 1 aliphatic rings. The number of benzene rings is 1. The summed E-state index contributed by atoms with van der Waals surface area (Å²) in [6.45, 7) is 5.37. The Hall–Kier alpha value is -1.26. The van der Waals surface area contributed by atoms with Crippen molar-refractivity contribution < 1.29 is 14.9 Å². The average Bonchev–Trinajstić information content (AvgIpc) is 2.21. The van der Waals surface area contributed by atoms with E-state index in [0.717, 1.165) is 25.3 Å². The molecular formula is C12H17NO3. The van der Waals surface area contributed by atoms with Crippen LogP contribution in [0.2, 0.25) is 0 Å². The predicted octanol–water partition coefficient (Wildman–Crippen LogP) is 1.22. The minimum absolute atomic E-state index is 0.0718. The highest BCUT2D eigenvalue weighted by atomic mass is 16.5. The van der Waals surface area contributed by atoms with Gasteiger partial charge in [-0.3, -0.25) is 0 Å². The predicted molar refractivity (Wildman–Crippen MR) is 60.4 cm³/mol. The topological polar surface area (TPSA) is 61.7 Å². The van der Waals surface area contributed by atoms with Gasteiger partial charge in [0.05, 0.1) is 13.2 Å². The summed E-state index contributed by atoms with van der Waals surface area (Å²) in [6.07, 6.45) is 0. The Morgan fingerprint density at radius 1 is 1.31 bits per heavy atom. The molecule has 0 atom stereocenters. The smallest absolute Gasteiger partial charge is 0.157 e. The van der Waals surface area contributed by atoms with Crippen molar-refractivity contribution in [3.05, 3.63) is 23.8 Å². The van der Waals surface area contributed by atoms with Gasteiger partial charge in [-0.1, -0.05) is 13.0 Å². The van der Waals surface area contributed by atoms with Crippen LogP contribution >= 0.6 is 0 Å². The van der Waals surface area contributed by atoms with E-state index in [1.807, 2.05) is 0 Å². The third-order valence-corrected chi connectivity index (χ3v) is 2.82. The van der Waals surface area contributed by atoms with Gasteiger partial charge in [0, 0.05) is 18.5 Å². The van der Waals surface area contributed by atoms with Gasteiger partial charge >= 0.3 is 0 Å². The molecule has 0 aromatic heterocycles. The summed E-state index contributed by atoms with van der Waals surface area (Å²) < 4.78 is 5.16. The maximum atomic E-state index is 9.32. The molecule has 16 heavy (non-hydrogen) atoms. The summed E-state index contributed by atoms with van der Waals surface area (Å²) >= 11 is 0. The average molecular weight is 223 g/mol. The third kappa shape index (κ3) is 2.46. The van der Waals surface area contributed by atoms with Gasteiger partial charge in [-0.25, -0.2) is 0 Å². The first-order valence-corrected chi connectivity index (χ1v) is 5.38. The van der Waals surface area contributed by atoms with E-state index in [1.165, 1.54) is 6.07 Å². The van der Waals surface area contributed by atoms with Crippen LogP contribution in [0.4, 0.5) is 0 Å². The van der Waals surface area contributed by atoms with E-state index >= 15 is 0 Å². The monoisotopic (exact) mass is 223 g/mol. The summed E-state index contributed by atoms with van der Waals surface area (Å²) in [6, 6.07) is 4.87. The van der Waals surface area contributed by atoms with E-state index in [-0.39, 0.29) is 16.9 Å². The van der Waals surface area contributed by atoms with Crippen molar-refractivity contribution in [1.29, 1.82) is 0 Å². The number of ether oxygens (including phenoxy) is 1. The molecule has 0 unspecified atom stereocenters. The largest absolute Gasteiger partial charge is 0.504 e. The Kier molecular flexibility index (Phi) is 3.03. The maximum Gasteiger partial charge on any atom is 0.157 e. The molecule has 0 aliphatic carbocycles. The van der Waals surface area contributed by atoms with Crippen molar-refractivity contribution in [2.24, 2.45) is 5.41 Å². The second-order valence-electron chi connectivity index (χ2n) is 4.73. The molecule has 2 rings (SSSR count). The van der Waals surface area contributed by atoms with E-state index in [2.05, 4.69) is 12.2 Å². The van der Waals surface area contributed by atoms with E-state index in [1.54, 1.807) is 12.1 Å². The lowest BCUT2D eigenvalue weighted by Gasteiger charge is -2.38. The Morgan fingerprint density at radius 2 is 2.06 bits per heavy atom. The third-order valence-electron chi connectivity index (χ3n) is 2.82. The zero-order valence-corrected chi connectivity index (χ0v) is 9.36. The number of aromatic hydroxyl groups is 2. The minimum atomic E-state index is -0.0805. The first kappa shape index (κ1) is 11.2. The highest BCUT2D eigenvalue weighted by Gasteiger charge is 2.32. The zero-order chi connectivity index (χ0) is 11.6. The second-order valence-corrected chi connectivity index (χ2v) is 4.73. The van der Waals surface area contributed by atoms with Crippen LogP contribution in [0.1, 0.15) is 12.5 Å². The van der Waals surface area contributed by atoms with Crippen molar-refractivity contribution in [2.45, 2.75) is 13.5 Å². The van der Waals surface area contributed by atoms with Gasteiger partial charge in [0.15, 0.2) is 11.5 Å². The van der Waals surface area contributed by atoms with Crippen molar-refractivity contribution in [1.82, 2.24) is 5.32 Å².